The zero-order valence-corrected chi connectivity index (χ0v) is 11.5. The van der Waals surface area contributed by atoms with Crippen LogP contribution in [-0.4, -0.2) is 39.5 Å². The maximum atomic E-state index is 12.3. The first-order valence-corrected chi connectivity index (χ1v) is 6.59. The lowest BCUT2D eigenvalue weighted by molar-refractivity contribution is -0.137. The zero-order valence-electron chi connectivity index (χ0n) is 9.97. The molecule has 1 amide bonds. The molecule has 5 nitrogen and oxygen atoms in total. The molecule has 1 saturated carbocycles. The van der Waals surface area contributed by atoms with Crippen LogP contribution in [0.15, 0.2) is 12.1 Å². The molecule has 0 spiro atoms. The summed E-state index contributed by atoms with van der Waals surface area (Å²) >= 11 is 11.5. The Bertz CT molecular complexity index is 497. The summed E-state index contributed by atoms with van der Waals surface area (Å²) in [6.45, 7) is 0.191. The Hall–Kier alpha value is -1.33. The predicted octanol–water partition coefficient (Wildman–Crippen LogP) is 2.47. The van der Waals surface area contributed by atoms with Gasteiger partial charge in [0, 0.05) is 18.2 Å². The molecule has 1 aliphatic rings. The van der Waals surface area contributed by atoms with Crippen LogP contribution < -0.4 is 0 Å². The number of nitrogens with zero attached hydrogens (tertiary/aromatic N) is 2. The SMILES string of the molecule is O=C(O)CCN(C(=O)c1cc(Cl)nc(Cl)c1)C1CC1. The highest BCUT2D eigenvalue weighted by molar-refractivity contribution is 6.33. The van der Waals surface area contributed by atoms with Gasteiger partial charge in [0.05, 0.1) is 6.42 Å². The quantitative estimate of drug-likeness (QED) is 0.848. The average molecular weight is 303 g/mol. The fourth-order valence-electron chi connectivity index (χ4n) is 1.81. The molecule has 19 heavy (non-hydrogen) atoms. The third-order valence-corrected chi connectivity index (χ3v) is 3.21. The molecule has 7 heteroatoms. The van der Waals surface area contributed by atoms with Crippen LogP contribution in [0, 0.1) is 0 Å². The molecule has 0 aliphatic heterocycles. The Balaban J connectivity index is 2.16. The number of rotatable bonds is 5. The first-order valence-electron chi connectivity index (χ1n) is 5.83. The van der Waals surface area contributed by atoms with E-state index in [4.69, 9.17) is 28.3 Å². The van der Waals surface area contributed by atoms with E-state index in [0.717, 1.165) is 12.8 Å². The van der Waals surface area contributed by atoms with E-state index in [1.807, 2.05) is 0 Å². The van der Waals surface area contributed by atoms with Gasteiger partial charge in [0.25, 0.3) is 5.91 Å². The molecule has 0 aromatic carbocycles. The Labute approximate surface area is 120 Å². The first kappa shape index (κ1) is 14.1. The second-order valence-corrected chi connectivity index (χ2v) is 5.15. The second-order valence-electron chi connectivity index (χ2n) is 4.37. The van der Waals surface area contributed by atoms with E-state index in [-0.39, 0.29) is 35.2 Å². The summed E-state index contributed by atoms with van der Waals surface area (Å²) in [5.74, 6) is -1.18. The van der Waals surface area contributed by atoms with Crippen LogP contribution in [-0.2, 0) is 4.79 Å². The molecule has 2 rings (SSSR count). The van der Waals surface area contributed by atoms with Crippen molar-refractivity contribution in [3.8, 4) is 0 Å². The lowest BCUT2D eigenvalue weighted by Crippen LogP contribution is -2.35. The van der Waals surface area contributed by atoms with E-state index in [9.17, 15) is 9.59 Å². The van der Waals surface area contributed by atoms with Crippen molar-refractivity contribution in [3.05, 3.63) is 28.0 Å². The highest BCUT2D eigenvalue weighted by Gasteiger charge is 2.33. The van der Waals surface area contributed by atoms with Gasteiger partial charge in [0.1, 0.15) is 10.3 Å². The lowest BCUT2D eigenvalue weighted by Gasteiger charge is -2.21. The minimum Gasteiger partial charge on any atom is -0.481 e. The van der Waals surface area contributed by atoms with Gasteiger partial charge in [-0.15, -0.1) is 0 Å². The largest absolute Gasteiger partial charge is 0.481 e. The van der Waals surface area contributed by atoms with Crippen LogP contribution in [0.25, 0.3) is 0 Å². The fourth-order valence-corrected chi connectivity index (χ4v) is 2.27. The number of pyridine rings is 1. The number of carbonyl (C=O) groups excluding carboxylic acids is 1. The molecular weight excluding hydrogens is 291 g/mol. The molecule has 1 fully saturated rings. The number of carboxylic acids is 1. The number of halogens is 2. The number of carbonyl (C=O) groups is 2. The highest BCUT2D eigenvalue weighted by Crippen LogP contribution is 2.29. The summed E-state index contributed by atoms with van der Waals surface area (Å²) in [6.07, 6.45) is 1.73. The molecule has 0 bridgehead atoms. The van der Waals surface area contributed by atoms with Gasteiger partial charge in [-0.1, -0.05) is 23.2 Å². The van der Waals surface area contributed by atoms with Crippen molar-refractivity contribution in [2.75, 3.05) is 6.54 Å². The minimum absolute atomic E-state index is 0.0746. The van der Waals surface area contributed by atoms with Gasteiger partial charge in [-0.2, -0.15) is 0 Å². The van der Waals surface area contributed by atoms with E-state index in [1.165, 1.54) is 12.1 Å². The van der Waals surface area contributed by atoms with Gasteiger partial charge >= 0.3 is 5.97 Å². The summed E-state index contributed by atoms with van der Waals surface area (Å²) in [7, 11) is 0. The summed E-state index contributed by atoms with van der Waals surface area (Å²) in [5, 5.41) is 9.00. The third kappa shape index (κ3) is 3.81. The maximum Gasteiger partial charge on any atom is 0.305 e. The monoisotopic (exact) mass is 302 g/mol. The molecule has 1 N–H and O–H groups in total. The number of carboxylic acid groups (broad SMARTS) is 1. The smallest absolute Gasteiger partial charge is 0.305 e. The summed E-state index contributed by atoms with van der Waals surface area (Å²) < 4.78 is 0. The van der Waals surface area contributed by atoms with Crippen LogP contribution in [0.2, 0.25) is 10.3 Å². The van der Waals surface area contributed by atoms with Gasteiger partial charge in [-0.25, -0.2) is 4.98 Å². The first-order chi connectivity index (χ1) is 8.97. The van der Waals surface area contributed by atoms with Crippen molar-refractivity contribution in [3.63, 3.8) is 0 Å². The Kier molecular flexibility index (Phi) is 4.27. The molecule has 1 aromatic rings. The molecule has 0 radical (unpaired) electrons. The Morgan fingerprint density at radius 2 is 1.89 bits per heavy atom. The van der Waals surface area contributed by atoms with Crippen molar-refractivity contribution in [2.45, 2.75) is 25.3 Å². The molecular formula is C12H12Cl2N2O3. The second kappa shape index (κ2) is 5.75. The van der Waals surface area contributed by atoms with Gasteiger partial charge < -0.3 is 10.0 Å². The van der Waals surface area contributed by atoms with Crippen LogP contribution in [0.3, 0.4) is 0 Å². The Morgan fingerprint density at radius 3 is 2.37 bits per heavy atom. The standard InChI is InChI=1S/C12H12Cl2N2O3/c13-9-5-7(6-10(14)15-9)12(19)16(8-1-2-8)4-3-11(17)18/h5-6,8H,1-4H2,(H,17,18). The summed E-state index contributed by atoms with van der Waals surface area (Å²) in [5.41, 5.74) is 0.335. The third-order valence-electron chi connectivity index (χ3n) is 2.82. The van der Waals surface area contributed by atoms with Crippen LogP contribution in [0.1, 0.15) is 29.6 Å². The van der Waals surface area contributed by atoms with Gasteiger partial charge in [0.15, 0.2) is 0 Å². The molecule has 1 heterocycles. The normalized spacial score (nSPS) is 14.2. The number of hydrogen-bond acceptors (Lipinski definition) is 3. The zero-order chi connectivity index (χ0) is 14.0. The number of amides is 1. The molecule has 0 atom stereocenters. The van der Waals surface area contributed by atoms with E-state index in [2.05, 4.69) is 4.98 Å². The van der Waals surface area contributed by atoms with E-state index >= 15 is 0 Å². The van der Waals surface area contributed by atoms with Crippen molar-refractivity contribution < 1.29 is 14.7 Å². The molecule has 1 aromatic heterocycles. The van der Waals surface area contributed by atoms with E-state index in [0.29, 0.717) is 5.56 Å². The van der Waals surface area contributed by atoms with Gasteiger partial charge in [-0.05, 0) is 25.0 Å². The topological polar surface area (TPSA) is 70.5 Å². The van der Waals surface area contributed by atoms with Crippen LogP contribution in [0.5, 0.6) is 0 Å². The lowest BCUT2D eigenvalue weighted by atomic mass is 10.2. The van der Waals surface area contributed by atoms with E-state index < -0.39 is 5.97 Å². The minimum atomic E-state index is -0.927. The highest BCUT2D eigenvalue weighted by atomic mass is 35.5. The number of hydrogen-bond donors (Lipinski definition) is 1. The summed E-state index contributed by atoms with van der Waals surface area (Å²) in [4.78, 5) is 28.3. The predicted molar refractivity (Wildman–Crippen MR) is 70.6 cm³/mol. The van der Waals surface area contributed by atoms with Crippen molar-refractivity contribution >= 4 is 35.1 Å². The van der Waals surface area contributed by atoms with Crippen molar-refractivity contribution in [1.29, 1.82) is 0 Å². The van der Waals surface area contributed by atoms with Gasteiger partial charge in [0.2, 0.25) is 0 Å². The van der Waals surface area contributed by atoms with E-state index in [1.54, 1.807) is 4.90 Å². The number of aliphatic carboxylic acids is 1. The van der Waals surface area contributed by atoms with Crippen molar-refractivity contribution in [2.24, 2.45) is 0 Å². The molecule has 0 unspecified atom stereocenters. The molecule has 1 aliphatic carbocycles. The van der Waals surface area contributed by atoms with Crippen LogP contribution in [0.4, 0.5) is 0 Å². The molecule has 0 saturated heterocycles. The Morgan fingerprint density at radius 1 is 1.32 bits per heavy atom. The van der Waals surface area contributed by atoms with Crippen LogP contribution >= 0.6 is 23.2 Å². The summed E-state index contributed by atoms with van der Waals surface area (Å²) in [6, 6.07) is 3.00. The fraction of sp³-hybridized carbons (Fsp3) is 0.417. The molecule has 102 valence electrons. The maximum absolute atomic E-state index is 12.3. The number of aromatic nitrogens is 1. The van der Waals surface area contributed by atoms with Gasteiger partial charge in [-0.3, -0.25) is 9.59 Å². The van der Waals surface area contributed by atoms with Crippen molar-refractivity contribution in [1.82, 2.24) is 9.88 Å². The average Bonchev–Trinajstić information content (AvgIpc) is 3.11.